The molecule has 2 nitrogen and oxygen atoms in total. The van der Waals surface area contributed by atoms with E-state index in [9.17, 15) is 0 Å². The Morgan fingerprint density at radius 1 is 1.70 bits per heavy atom. The van der Waals surface area contributed by atoms with Crippen molar-refractivity contribution in [2.45, 2.75) is 25.9 Å². The predicted molar refractivity (Wildman–Crippen MR) is 41.8 cm³/mol. The van der Waals surface area contributed by atoms with Crippen molar-refractivity contribution in [3.63, 3.8) is 0 Å². The van der Waals surface area contributed by atoms with Crippen LogP contribution in [0.25, 0.3) is 0 Å². The lowest BCUT2D eigenvalue weighted by molar-refractivity contribution is 0.144. The Balaban J connectivity index is 3.80. The maximum Gasteiger partial charge on any atom is 0.121 e. The molecule has 0 fully saturated rings. The third-order valence-electron chi connectivity index (χ3n) is 1.19. The third-order valence-corrected chi connectivity index (χ3v) is 1.19. The normalized spacial score (nSPS) is 14.8. The van der Waals surface area contributed by atoms with Crippen LogP contribution in [0.2, 0.25) is 0 Å². The second-order valence-corrected chi connectivity index (χ2v) is 2.13. The lowest BCUT2D eigenvalue weighted by atomic mass is 10.2. The molecule has 0 saturated heterocycles. The van der Waals surface area contributed by atoms with Crippen molar-refractivity contribution < 1.29 is 10.2 Å². The summed E-state index contributed by atoms with van der Waals surface area (Å²) in [5, 5.41) is 18.1. The van der Waals surface area contributed by atoms with Crippen LogP contribution in [0.4, 0.5) is 0 Å². The first-order chi connectivity index (χ1) is 4.72. The van der Waals surface area contributed by atoms with E-state index in [0.29, 0.717) is 6.42 Å². The van der Waals surface area contributed by atoms with Crippen LogP contribution >= 0.6 is 0 Å². The Labute approximate surface area is 61.5 Å². The molecule has 0 aliphatic rings. The fourth-order valence-electron chi connectivity index (χ4n) is 0.653. The highest BCUT2D eigenvalue weighted by Gasteiger charge is 2.05. The molecule has 2 heteroatoms. The van der Waals surface area contributed by atoms with Crippen molar-refractivity contribution >= 4 is 0 Å². The summed E-state index contributed by atoms with van der Waals surface area (Å²) in [6.45, 7) is 5.34. The largest absolute Gasteiger partial charge is 0.510 e. The number of aliphatic hydroxyl groups is 2. The van der Waals surface area contributed by atoms with Gasteiger partial charge in [-0.15, -0.1) is 0 Å². The van der Waals surface area contributed by atoms with Gasteiger partial charge in [0, 0.05) is 0 Å². The van der Waals surface area contributed by atoms with Gasteiger partial charge >= 0.3 is 0 Å². The van der Waals surface area contributed by atoms with Crippen LogP contribution < -0.4 is 0 Å². The molecule has 1 atom stereocenters. The Hall–Kier alpha value is -0.760. The fourth-order valence-corrected chi connectivity index (χ4v) is 0.653. The fraction of sp³-hybridized carbons (Fsp3) is 0.500. The maximum absolute atomic E-state index is 9.08. The minimum absolute atomic E-state index is 0.00292. The second kappa shape index (κ2) is 5.06. The Bertz CT molecular complexity index is 127. The molecule has 0 rings (SSSR count). The van der Waals surface area contributed by atoms with Crippen LogP contribution in [-0.4, -0.2) is 16.3 Å². The molecule has 2 N–H and O–H groups in total. The smallest absolute Gasteiger partial charge is 0.121 e. The predicted octanol–water partition coefficient (Wildman–Crippen LogP) is 1.78. The van der Waals surface area contributed by atoms with Gasteiger partial charge in [0.15, 0.2) is 0 Å². The van der Waals surface area contributed by atoms with Crippen LogP contribution in [0.3, 0.4) is 0 Å². The van der Waals surface area contributed by atoms with E-state index in [0.717, 1.165) is 6.42 Å². The van der Waals surface area contributed by atoms with E-state index in [1.54, 1.807) is 0 Å². The van der Waals surface area contributed by atoms with E-state index in [-0.39, 0.29) is 5.76 Å². The molecule has 0 heterocycles. The van der Waals surface area contributed by atoms with Gasteiger partial charge in [-0.1, -0.05) is 26.0 Å². The number of allylic oxidation sites excluding steroid dienone is 2. The van der Waals surface area contributed by atoms with Crippen LogP contribution in [0.5, 0.6) is 0 Å². The van der Waals surface area contributed by atoms with Crippen LogP contribution in [-0.2, 0) is 0 Å². The minimum Gasteiger partial charge on any atom is -0.510 e. The lowest BCUT2D eigenvalue weighted by Gasteiger charge is -2.06. The quantitative estimate of drug-likeness (QED) is 0.464. The molecule has 0 amide bonds. The number of hydrogen-bond donors (Lipinski definition) is 2. The summed E-state index contributed by atoms with van der Waals surface area (Å²) in [5.41, 5.74) is 0. The van der Waals surface area contributed by atoms with E-state index in [2.05, 4.69) is 6.58 Å². The second-order valence-electron chi connectivity index (χ2n) is 2.13. The molecule has 0 spiro atoms. The zero-order valence-electron chi connectivity index (χ0n) is 6.25. The number of aliphatic hydroxyl groups excluding tert-OH is 2. The van der Waals surface area contributed by atoms with Crippen LogP contribution in [0.1, 0.15) is 19.8 Å². The van der Waals surface area contributed by atoms with Crippen molar-refractivity contribution in [2.24, 2.45) is 0 Å². The summed E-state index contributed by atoms with van der Waals surface area (Å²) in [4.78, 5) is 0. The highest BCUT2D eigenvalue weighted by atomic mass is 16.3. The van der Waals surface area contributed by atoms with Crippen molar-refractivity contribution in [2.75, 3.05) is 0 Å². The van der Waals surface area contributed by atoms with E-state index in [4.69, 9.17) is 10.2 Å². The molecule has 0 aromatic rings. The first-order valence-electron chi connectivity index (χ1n) is 3.42. The van der Waals surface area contributed by atoms with Gasteiger partial charge in [0.25, 0.3) is 0 Å². The molecule has 58 valence electrons. The molecule has 0 radical (unpaired) electrons. The molecule has 10 heavy (non-hydrogen) atoms. The molecular weight excluding hydrogens is 128 g/mol. The molecule has 0 aliphatic carbocycles. The molecule has 0 aliphatic heterocycles. The maximum atomic E-state index is 9.08. The third kappa shape index (κ3) is 3.30. The highest BCUT2D eigenvalue weighted by Crippen LogP contribution is 2.04. The summed E-state index contributed by atoms with van der Waals surface area (Å²) < 4.78 is 0. The monoisotopic (exact) mass is 142 g/mol. The summed E-state index contributed by atoms with van der Waals surface area (Å²) in [5.74, 6) is -0.00292. The summed E-state index contributed by atoms with van der Waals surface area (Å²) in [6, 6.07) is 0. The zero-order valence-corrected chi connectivity index (χ0v) is 6.25. The van der Waals surface area contributed by atoms with Gasteiger partial charge in [-0.25, -0.2) is 0 Å². The van der Waals surface area contributed by atoms with Crippen LogP contribution in [0, 0.1) is 0 Å². The highest BCUT2D eigenvalue weighted by molar-refractivity contribution is 5.06. The Morgan fingerprint density at radius 3 is 2.70 bits per heavy atom. The van der Waals surface area contributed by atoms with Crippen molar-refractivity contribution in [1.82, 2.24) is 0 Å². The standard InChI is InChI=1S/C8H14O2/c1-3-5-7(9)8(10)6-4-2/h3,5,8-10H,1,4,6H2,2H3. The van der Waals surface area contributed by atoms with Gasteiger partial charge in [0.05, 0.1) is 0 Å². The summed E-state index contributed by atoms with van der Waals surface area (Å²) in [7, 11) is 0. The van der Waals surface area contributed by atoms with E-state index >= 15 is 0 Å². The van der Waals surface area contributed by atoms with E-state index < -0.39 is 6.10 Å². The average molecular weight is 142 g/mol. The molecule has 0 bridgehead atoms. The average Bonchev–Trinajstić information content (AvgIpc) is 1.89. The SMILES string of the molecule is C=CC=C(O)C(O)CCC. The molecule has 0 saturated carbocycles. The van der Waals surface area contributed by atoms with Gasteiger partial charge in [-0.3, -0.25) is 0 Å². The number of rotatable bonds is 4. The first kappa shape index (κ1) is 9.24. The van der Waals surface area contributed by atoms with Gasteiger partial charge in [-0.05, 0) is 12.5 Å². The van der Waals surface area contributed by atoms with Gasteiger partial charge in [-0.2, -0.15) is 0 Å². The zero-order chi connectivity index (χ0) is 7.98. The van der Waals surface area contributed by atoms with E-state index in [1.807, 2.05) is 6.92 Å². The van der Waals surface area contributed by atoms with Crippen LogP contribution in [0.15, 0.2) is 24.5 Å². The van der Waals surface area contributed by atoms with Gasteiger partial charge in [0.1, 0.15) is 11.9 Å². The topological polar surface area (TPSA) is 40.5 Å². The lowest BCUT2D eigenvalue weighted by Crippen LogP contribution is -2.08. The van der Waals surface area contributed by atoms with Crippen molar-refractivity contribution in [3.8, 4) is 0 Å². The Morgan fingerprint density at radius 2 is 2.30 bits per heavy atom. The molecule has 1 unspecified atom stereocenters. The van der Waals surface area contributed by atoms with Gasteiger partial charge in [0.2, 0.25) is 0 Å². The molecular formula is C8H14O2. The Kier molecular flexibility index (Phi) is 4.67. The van der Waals surface area contributed by atoms with Gasteiger partial charge < -0.3 is 10.2 Å². The molecule has 0 aromatic carbocycles. The molecule has 0 aromatic heterocycles. The van der Waals surface area contributed by atoms with E-state index in [1.165, 1.54) is 12.2 Å². The van der Waals surface area contributed by atoms with Crippen molar-refractivity contribution in [3.05, 3.63) is 24.5 Å². The first-order valence-corrected chi connectivity index (χ1v) is 3.42. The number of hydrogen-bond acceptors (Lipinski definition) is 2. The summed E-state index contributed by atoms with van der Waals surface area (Å²) >= 11 is 0. The van der Waals surface area contributed by atoms with Crippen molar-refractivity contribution in [1.29, 1.82) is 0 Å². The minimum atomic E-state index is -0.719. The summed E-state index contributed by atoms with van der Waals surface area (Å²) in [6.07, 6.45) is 3.59.